The minimum absolute atomic E-state index is 0.218. The first-order valence-corrected chi connectivity index (χ1v) is 10.3. The molecule has 0 atom stereocenters. The summed E-state index contributed by atoms with van der Waals surface area (Å²) in [5.41, 5.74) is 3.74. The number of aromatic nitrogens is 1. The smallest absolute Gasteiger partial charge is 0.244 e. The molecule has 25 heavy (non-hydrogen) atoms. The number of rotatable bonds is 5. The van der Waals surface area contributed by atoms with E-state index in [0.29, 0.717) is 18.9 Å². The normalized spacial score (nSPS) is 16.2. The monoisotopic (exact) mass is 422 g/mol. The van der Waals surface area contributed by atoms with Crippen molar-refractivity contribution in [2.75, 3.05) is 18.5 Å². The lowest BCUT2D eigenvalue weighted by Gasteiger charge is -2.25. The van der Waals surface area contributed by atoms with Gasteiger partial charge in [-0.05, 0) is 42.7 Å². The maximum Gasteiger partial charge on any atom is 0.244 e. The van der Waals surface area contributed by atoms with Gasteiger partial charge in [-0.15, -0.1) is 0 Å². The number of nitrogens with one attached hydrogen (secondary N) is 1. The average Bonchev–Trinajstić information content (AvgIpc) is 2.63. The Kier molecular flexibility index (Phi) is 5.82. The fourth-order valence-electron chi connectivity index (χ4n) is 2.61. The highest BCUT2D eigenvalue weighted by atomic mass is 79.9. The number of benzene rings is 1. The predicted octanol–water partition coefficient (Wildman–Crippen LogP) is 3.46. The molecule has 2 heterocycles. The van der Waals surface area contributed by atoms with Gasteiger partial charge in [0.2, 0.25) is 10.0 Å². The highest BCUT2D eigenvalue weighted by molar-refractivity contribution is 9.10. The first-order chi connectivity index (χ1) is 12.1. The maximum atomic E-state index is 12.6. The predicted molar refractivity (Wildman–Crippen MR) is 102 cm³/mol. The van der Waals surface area contributed by atoms with Gasteiger partial charge >= 0.3 is 0 Å². The van der Waals surface area contributed by atoms with Crippen LogP contribution >= 0.6 is 15.9 Å². The first-order valence-electron chi connectivity index (χ1n) is 8.06. The average molecular weight is 423 g/mol. The number of anilines is 1. The van der Waals surface area contributed by atoms with E-state index in [1.807, 2.05) is 24.3 Å². The van der Waals surface area contributed by atoms with Crippen molar-refractivity contribution in [3.05, 3.63) is 52.6 Å². The molecule has 2 aromatic rings. The quantitative estimate of drug-likeness (QED) is 0.591. The van der Waals surface area contributed by atoms with E-state index in [0.717, 1.165) is 29.3 Å². The third-order valence-electron chi connectivity index (χ3n) is 3.93. The van der Waals surface area contributed by atoms with Crippen molar-refractivity contribution in [3.8, 4) is 0 Å². The van der Waals surface area contributed by atoms with Gasteiger partial charge < -0.3 is 0 Å². The lowest BCUT2D eigenvalue weighted by Crippen LogP contribution is -2.35. The fourth-order valence-corrected chi connectivity index (χ4v) is 4.49. The number of hydrogen-bond acceptors (Lipinski definition) is 5. The lowest BCUT2D eigenvalue weighted by atomic mass is 10.2. The van der Waals surface area contributed by atoms with Crippen molar-refractivity contribution in [2.45, 2.75) is 24.2 Å². The van der Waals surface area contributed by atoms with E-state index < -0.39 is 10.0 Å². The van der Waals surface area contributed by atoms with Crippen LogP contribution in [0.1, 0.15) is 24.8 Å². The molecule has 1 aliphatic rings. The van der Waals surface area contributed by atoms with Gasteiger partial charge in [0.25, 0.3) is 0 Å². The van der Waals surface area contributed by atoms with E-state index in [-0.39, 0.29) is 4.90 Å². The summed E-state index contributed by atoms with van der Waals surface area (Å²) in [6, 6.07) is 10.9. The van der Waals surface area contributed by atoms with Crippen LogP contribution in [-0.2, 0) is 10.0 Å². The molecule has 0 spiro atoms. The zero-order chi connectivity index (χ0) is 17.7. The number of nitrogens with zero attached hydrogens (tertiary/aromatic N) is 3. The summed E-state index contributed by atoms with van der Waals surface area (Å²) < 4.78 is 27.6. The Balaban J connectivity index is 1.65. The van der Waals surface area contributed by atoms with Crippen LogP contribution in [0.5, 0.6) is 0 Å². The van der Waals surface area contributed by atoms with Crippen molar-refractivity contribution in [3.63, 3.8) is 0 Å². The van der Waals surface area contributed by atoms with Gasteiger partial charge in [0.15, 0.2) is 0 Å². The third-order valence-corrected chi connectivity index (χ3v) is 6.31. The number of hydrazone groups is 1. The van der Waals surface area contributed by atoms with Gasteiger partial charge in [-0.2, -0.15) is 9.41 Å². The van der Waals surface area contributed by atoms with Crippen LogP contribution in [0.3, 0.4) is 0 Å². The van der Waals surface area contributed by atoms with Crippen LogP contribution in [-0.4, -0.2) is 37.0 Å². The topological polar surface area (TPSA) is 74.7 Å². The molecule has 0 amide bonds. The molecule has 0 unspecified atom stereocenters. The van der Waals surface area contributed by atoms with Crippen LogP contribution in [0, 0.1) is 0 Å². The molecule has 3 rings (SSSR count). The molecule has 6 nitrogen and oxygen atoms in total. The number of sulfonamides is 1. The van der Waals surface area contributed by atoms with Crippen molar-refractivity contribution >= 4 is 38.0 Å². The molecule has 0 aliphatic carbocycles. The Bertz CT molecular complexity index is 847. The molecule has 8 heteroatoms. The third kappa shape index (κ3) is 4.65. The molecule has 1 aromatic carbocycles. The molecule has 0 saturated carbocycles. The summed E-state index contributed by atoms with van der Waals surface area (Å²) in [5.74, 6) is 0.490. The van der Waals surface area contributed by atoms with Crippen molar-refractivity contribution in [1.82, 2.24) is 9.29 Å². The molecular formula is C17H19BrN4O2S. The van der Waals surface area contributed by atoms with E-state index >= 15 is 0 Å². The van der Waals surface area contributed by atoms with E-state index in [9.17, 15) is 8.42 Å². The number of pyridine rings is 1. The molecule has 0 bridgehead atoms. The fraction of sp³-hybridized carbons (Fsp3) is 0.294. The maximum absolute atomic E-state index is 12.6. The SMILES string of the molecule is O=S(=O)(c1ccc(N/N=C/c2cccc(Br)c2)nc1)N1CCCCC1. The summed E-state index contributed by atoms with van der Waals surface area (Å²) >= 11 is 3.40. The van der Waals surface area contributed by atoms with Crippen LogP contribution in [0.2, 0.25) is 0 Å². The minimum atomic E-state index is -3.45. The molecule has 1 fully saturated rings. The van der Waals surface area contributed by atoms with Crippen LogP contribution in [0.25, 0.3) is 0 Å². The summed E-state index contributed by atoms with van der Waals surface area (Å²) in [5, 5.41) is 4.12. The van der Waals surface area contributed by atoms with Gasteiger partial charge in [0.05, 0.1) is 6.21 Å². The molecule has 1 saturated heterocycles. The Morgan fingerprint density at radius 3 is 2.64 bits per heavy atom. The van der Waals surface area contributed by atoms with Crippen LogP contribution in [0.4, 0.5) is 5.82 Å². The van der Waals surface area contributed by atoms with Gasteiger partial charge in [0.1, 0.15) is 10.7 Å². The molecule has 1 aromatic heterocycles. The highest BCUT2D eigenvalue weighted by Crippen LogP contribution is 2.20. The highest BCUT2D eigenvalue weighted by Gasteiger charge is 2.25. The van der Waals surface area contributed by atoms with Crippen molar-refractivity contribution in [1.29, 1.82) is 0 Å². The second-order valence-corrected chi connectivity index (χ2v) is 8.62. The minimum Gasteiger partial charge on any atom is -0.261 e. The summed E-state index contributed by atoms with van der Waals surface area (Å²) in [4.78, 5) is 4.37. The zero-order valence-electron chi connectivity index (χ0n) is 13.6. The lowest BCUT2D eigenvalue weighted by molar-refractivity contribution is 0.346. The molecule has 1 N–H and O–H groups in total. The standard InChI is InChI=1S/C17H19BrN4O2S/c18-15-6-4-5-14(11-15)12-20-21-17-8-7-16(13-19-17)25(23,24)22-9-2-1-3-10-22/h4-8,11-13H,1-3,9-10H2,(H,19,21)/b20-12+. The van der Waals surface area contributed by atoms with Crippen molar-refractivity contribution < 1.29 is 8.42 Å². The van der Waals surface area contributed by atoms with E-state index in [1.165, 1.54) is 10.5 Å². The van der Waals surface area contributed by atoms with Gasteiger partial charge in [-0.25, -0.2) is 13.4 Å². The first kappa shape index (κ1) is 18.0. The molecular weight excluding hydrogens is 404 g/mol. The molecule has 132 valence electrons. The van der Waals surface area contributed by atoms with E-state index in [4.69, 9.17) is 0 Å². The Hall–Kier alpha value is -1.77. The van der Waals surface area contributed by atoms with Gasteiger partial charge in [-0.1, -0.05) is 34.5 Å². The Morgan fingerprint density at radius 1 is 1.16 bits per heavy atom. The zero-order valence-corrected chi connectivity index (χ0v) is 16.0. The van der Waals surface area contributed by atoms with Gasteiger partial charge in [0, 0.05) is 23.8 Å². The second-order valence-electron chi connectivity index (χ2n) is 5.77. The second kappa shape index (κ2) is 8.07. The summed E-state index contributed by atoms with van der Waals surface area (Å²) in [6.07, 6.45) is 5.96. The van der Waals surface area contributed by atoms with Gasteiger partial charge in [-0.3, -0.25) is 5.43 Å². The number of halogens is 1. The molecule has 1 aliphatic heterocycles. The number of piperidine rings is 1. The largest absolute Gasteiger partial charge is 0.261 e. The Labute approximate surface area is 156 Å². The molecule has 0 radical (unpaired) electrons. The van der Waals surface area contributed by atoms with Crippen LogP contribution in [0.15, 0.2) is 57.1 Å². The number of hydrogen-bond donors (Lipinski definition) is 1. The van der Waals surface area contributed by atoms with Crippen LogP contribution < -0.4 is 5.43 Å². The van der Waals surface area contributed by atoms with E-state index in [2.05, 4.69) is 31.4 Å². The summed E-state index contributed by atoms with van der Waals surface area (Å²) in [6.45, 7) is 1.17. The van der Waals surface area contributed by atoms with E-state index in [1.54, 1.807) is 18.3 Å². The van der Waals surface area contributed by atoms with Crippen molar-refractivity contribution in [2.24, 2.45) is 5.10 Å². The Morgan fingerprint density at radius 2 is 1.96 bits per heavy atom. The summed E-state index contributed by atoms with van der Waals surface area (Å²) in [7, 11) is -3.45.